The van der Waals surface area contributed by atoms with Gasteiger partial charge >= 0.3 is 6.18 Å². The first-order valence-corrected chi connectivity index (χ1v) is 10.3. The number of hydrogen-bond acceptors (Lipinski definition) is 8. The van der Waals surface area contributed by atoms with Crippen LogP contribution in [0.15, 0.2) is 58.8 Å². The maximum absolute atomic E-state index is 13.9. The summed E-state index contributed by atoms with van der Waals surface area (Å²) in [7, 11) is 1.43. The zero-order chi connectivity index (χ0) is 24.0. The molecule has 9 nitrogen and oxygen atoms in total. The summed E-state index contributed by atoms with van der Waals surface area (Å²) in [5, 5.41) is 11.9. The number of pyridine rings is 1. The van der Waals surface area contributed by atoms with Crippen LogP contribution in [0.4, 0.5) is 13.2 Å². The van der Waals surface area contributed by atoms with Gasteiger partial charge in [0.15, 0.2) is 0 Å². The smallest absolute Gasteiger partial charge is 0.406 e. The fraction of sp³-hybridized carbons (Fsp3) is 0.273. The molecule has 0 saturated carbocycles. The molecular weight excluding hydrogens is 453 g/mol. The molecule has 12 heteroatoms. The Bertz CT molecular complexity index is 1260. The number of ether oxygens (including phenoxy) is 1. The Balaban J connectivity index is 1.52. The summed E-state index contributed by atoms with van der Waals surface area (Å²) in [6, 6.07) is 9.61. The zero-order valence-electron chi connectivity index (χ0n) is 18.0. The van der Waals surface area contributed by atoms with E-state index in [1.807, 2.05) is 0 Å². The quantitative estimate of drug-likeness (QED) is 0.597. The number of nitrogens with zero attached hydrogens (tertiary/aromatic N) is 4. The summed E-state index contributed by atoms with van der Waals surface area (Å²) in [4.78, 5) is 17.4. The standard InChI is InChI=1S/C22H19F3N6O3/c1-11-14(20-29-28-19(34-20)13-9-6-10-26-18(13)33-2)21(32)31-17(27-11)15(12-7-4-3-5-8-12)16(30-31)22(23,24)25/h3-10,15-17,27,30H,1-2H3. The molecule has 2 aliphatic heterocycles. The van der Waals surface area contributed by atoms with Crippen molar-refractivity contribution < 1.29 is 27.1 Å². The number of rotatable bonds is 4. The van der Waals surface area contributed by atoms with E-state index in [1.165, 1.54) is 13.3 Å². The number of benzene rings is 1. The largest absolute Gasteiger partial charge is 0.480 e. The normalized spacial score (nSPS) is 22.6. The molecule has 2 N–H and O–H groups in total. The van der Waals surface area contributed by atoms with Crippen LogP contribution in [0.2, 0.25) is 0 Å². The van der Waals surface area contributed by atoms with Crippen LogP contribution >= 0.6 is 0 Å². The van der Waals surface area contributed by atoms with Crippen molar-refractivity contribution in [3.05, 3.63) is 65.8 Å². The Morgan fingerprint density at radius 3 is 2.53 bits per heavy atom. The lowest BCUT2D eigenvalue weighted by molar-refractivity contribution is -0.161. The number of allylic oxidation sites excluding steroid dienone is 1. The third-order valence-electron chi connectivity index (χ3n) is 5.80. The summed E-state index contributed by atoms with van der Waals surface area (Å²) in [6.07, 6.45) is -4.03. The van der Waals surface area contributed by atoms with Crippen LogP contribution in [-0.4, -0.2) is 51.6 Å². The topological polar surface area (TPSA) is 105 Å². The second-order valence-corrected chi connectivity index (χ2v) is 7.82. The maximum atomic E-state index is 13.9. The number of carbonyl (C=O) groups is 1. The molecule has 34 heavy (non-hydrogen) atoms. The molecule has 1 fully saturated rings. The predicted molar refractivity (Wildman–Crippen MR) is 113 cm³/mol. The van der Waals surface area contributed by atoms with Crippen molar-refractivity contribution in [1.29, 1.82) is 0 Å². The van der Waals surface area contributed by atoms with Gasteiger partial charge in [-0.1, -0.05) is 30.3 Å². The molecule has 4 heterocycles. The SMILES string of the molecule is COc1ncccc1-c1nnc(C2=C(C)NC3C(c4ccccc4)C(C(F)(F)F)NN3C2=O)o1. The summed E-state index contributed by atoms with van der Waals surface area (Å²) >= 11 is 0. The molecule has 1 amide bonds. The van der Waals surface area contributed by atoms with E-state index in [1.54, 1.807) is 49.4 Å². The van der Waals surface area contributed by atoms with Crippen LogP contribution in [0, 0.1) is 0 Å². The lowest BCUT2D eigenvalue weighted by Crippen LogP contribution is -2.54. The fourth-order valence-electron chi connectivity index (χ4n) is 4.30. The molecule has 2 aromatic heterocycles. The first kappa shape index (κ1) is 21.9. The molecule has 176 valence electrons. The second-order valence-electron chi connectivity index (χ2n) is 7.82. The van der Waals surface area contributed by atoms with Crippen molar-refractivity contribution in [1.82, 2.24) is 30.9 Å². The van der Waals surface area contributed by atoms with Gasteiger partial charge in [0.1, 0.15) is 23.3 Å². The average Bonchev–Trinajstić information content (AvgIpc) is 3.45. The number of fused-ring (bicyclic) bond motifs is 1. The number of hydrazine groups is 1. The number of hydrogen-bond donors (Lipinski definition) is 2. The molecule has 0 aliphatic carbocycles. The van der Waals surface area contributed by atoms with Crippen molar-refractivity contribution in [2.75, 3.05) is 7.11 Å². The highest BCUT2D eigenvalue weighted by atomic mass is 19.4. The minimum atomic E-state index is -4.59. The van der Waals surface area contributed by atoms with E-state index in [4.69, 9.17) is 9.15 Å². The lowest BCUT2D eigenvalue weighted by Gasteiger charge is -2.34. The molecule has 3 atom stereocenters. The molecule has 0 bridgehead atoms. The third kappa shape index (κ3) is 3.55. The van der Waals surface area contributed by atoms with Gasteiger partial charge in [-0.05, 0) is 24.6 Å². The molecule has 0 spiro atoms. The van der Waals surface area contributed by atoms with Gasteiger partial charge in [-0.2, -0.15) is 13.2 Å². The first-order chi connectivity index (χ1) is 16.3. The van der Waals surface area contributed by atoms with Crippen LogP contribution < -0.4 is 15.5 Å². The Kier molecular flexibility index (Phi) is 5.24. The second kappa shape index (κ2) is 8.13. The van der Waals surface area contributed by atoms with Crippen LogP contribution in [-0.2, 0) is 4.79 Å². The molecule has 1 saturated heterocycles. The number of aromatic nitrogens is 3. The monoisotopic (exact) mass is 472 g/mol. The summed E-state index contributed by atoms with van der Waals surface area (Å²) in [5.74, 6) is -1.61. The van der Waals surface area contributed by atoms with Crippen LogP contribution in [0.25, 0.3) is 17.0 Å². The van der Waals surface area contributed by atoms with Crippen molar-refractivity contribution >= 4 is 11.5 Å². The van der Waals surface area contributed by atoms with E-state index in [2.05, 4.69) is 25.9 Å². The number of alkyl halides is 3. The summed E-state index contributed by atoms with van der Waals surface area (Å²) in [5.41, 5.74) is 3.51. The van der Waals surface area contributed by atoms with Gasteiger partial charge in [-0.3, -0.25) is 4.79 Å². The highest BCUT2D eigenvalue weighted by Crippen LogP contribution is 2.42. The van der Waals surface area contributed by atoms with Crippen molar-refractivity contribution in [3.63, 3.8) is 0 Å². The van der Waals surface area contributed by atoms with Crippen molar-refractivity contribution in [2.45, 2.75) is 31.2 Å². The number of carbonyl (C=O) groups excluding carboxylic acids is 1. The summed E-state index contributed by atoms with van der Waals surface area (Å²) in [6.45, 7) is 1.59. The van der Waals surface area contributed by atoms with E-state index in [9.17, 15) is 18.0 Å². The average molecular weight is 472 g/mol. The van der Waals surface area contributed by atoms with E-state index in [-0.39, 0.29) is 23.2 Å². The van der Waals surface area contributed by atoms with Gasteiger partial charge in [-0.15, -0.1) is 10.2 Å². The molecular formula is C22H19F3N6O3. The molecule has 3 unspecified atom stereocenters. The Morgan fingerprint density at radius 1 is 1.09 bits per heavy atom. The van der Waals surface area contributed by atoms with E-state index < -0.39 is 30.2 Å². The van der Waals surface area contributed by atoms with E-state index in [0.717, 1.165) is 5.01 Å². The fourth-order valence-corrected chi connectivity index (χ4v) is 4.30. The van der Waals surface area contributed by atoms with Crippen LogP contribution in [0.1, 0.15) is 24.3 Å². The Hall–Kier alpha value is -3.93. The van der Waals surface area contributed by atoms with Gasteiger partial charge in [-0.25, -0.2) is 15.4 Å². The van der Waals surface area contributed by atoms with Gasteiger partial charge in [0, 0.05) is 11.9 Å². The number of amides is 1. The minimum Gasteiger partial charge on any atom is -0.480 e. The van der Waals surface area contributed by atoms with Crippen LogP contribution in [0.5, 0.6) is 5.88 Å². The number of methoxy groups -OCH3 is 1. The molecule has 1 aromatic carbocycles. The van der Waals surface area contributed by atoms with Gasteiger partial charge in [0.2, 0.25) is 5.88 Å². The van der Waals surface area contributed by atoms with Crippen LogP contribution in [0.3, 0.4) is 0 Å². The molecule has 2 aliphatic rings. The predicted octanol–water partition coefficient (Wildman–Crippen LogP) is 2.86. The van der Waals surface area contributed by atoms with Gasteiger partial charge in [0.05, 0.1) is 13.0 Å². The molecule has 3 aromatic rings. The summed E-state index contributed by atoms with van der Waals surface area (Å²) < 4.78 is 52.7. The minimum absolute atomic E-state index is 0.0278. The van der Waals surface area contributed by atoms with Crippen molar-refractivity contribution in [2.24, 2.45) is 0 Å². The van der Waals surface area contributed by atoms with E-state index in [0.29, 0.717) is 16.8 Å². The highest BCUT2D eigenvalue weighted by molar-refractivity contribution is 6.19. The highest BCUT2D eigenvalue weighted by Gasteiger charge is 2.58. The van der Waals surface area contributed by atoms with E-state index >= 15 is 0 Å². The number of nitrogens with one attached hydrogen (secondary N) is 2. The number of halogens is 3. The Labute approximate surface area is 191 Å². The lowest BCUT2D eigenvalue weighted by atomic mass is 9.89. The maximum Gasteiger partial charge on any atom is 0.406 e. The molecule has 0 radical (unpaired) electrons. The molecule has 5 rings (SSSR count). The van der Waals surface area contributed by atoms with Gasteiger partial charge in [0.25, 0.3) is 17.7 Å². The zero-order valence-corrected chi connectivity index (χ0v) is 18.0. The van der Waals surface area contributed by atoms with Crippen molar-refractivity contribution in [3.8, 4) is 17.3 Å². The first-order valence-electron chi connectivity index (χ1n) is 10.3. The van der Waals surface area contributed by atoms with Gasteiger partial charge < -0.3 is 14.5 Å². The third-order valence-corrected chi connectivity index (χ3v) is 5.80. The Morgan fingerprint density at radius 2 is 1.82 bits per heavy atom.